The van der Waals surface area contributed by atoms with E-state index in [2.05, 4.69) is 17.2 Å². The number of nitrogens with zero attached hydrogens (tertiary/aromatic N) is 1. The number of hydrazine groups is 1. The molecule has 1 heterocycles. The molecule has 6 heteroatoms. The maximum Gasteiger partial charge on any atom is 0.0234 e. The number of hydrogen-bond donors (Lipinski definition) is 2. The molecule has 0 spiro atoms. The van der Waals surface area contributed by atoms with Crippen LogP contribution >= 0.6 is 37.2 Å². The molecule has 0 unspecified atom stereocenters. The van der Waals surface area contributed by atoms with Crippen molar-refractivity contribution in [1.82, 2.24) is 10.3 Å². The molecule has 0 aromatic heterocycles. The summed E-state index contributed by atoms with van der Waals surface area (Å²) in [4.78, 5) is 2.45. The summed E-state index contributed by atoms with van der Waals surface area (Å²) in [6.07, 6.45) is 2.40. The fraction of sp³-hybridized carbons (Fsp3) is 1.00. The van der Waals surface area contributed by atoms with Gasteiger partial charge in [0.05, 0.1) is 0 Å². The summed E-state index contributed by atoms with van der Waals surface area (Å²) in [5, 5.41) is 0. The molecule has 1 aliphatic rings. The van der Waals surface area contributed by atoms with E-state index in [9.17, 15) is 0 Å². The molecule has 1 fully saturated rings. The Morgan fingerprint density at radius 2 is 1.69 bits per heavy atom. The standard InChI is InChI=1S/C7H17N3.3ClH/c1-2-10-5-3-7(9-8)4-6-10;;;/h7,9H,2-6,8H2,1H3;3*1H. The number of nitrogens with one attached hydrogen (secondary N) is 1. The number of rotatable bonds is 2. The molecule has 1 saturated heterocycles. The van der Waals surface area contributed by atoms with Gasteiger partial charge in [-0.1, -0.05) is 6.92 Å². The van der Waals surface area contributed by atoms with Crippen molar-refractivity contribution < 1.29 is 0 Å². The van der Waals surface area contributed by atoms with Gasteiger partial charge in [-0.05, 0) is 32.5 Å². The van der Waals surface area contributed by atoms with Gasteiger partial charge in [0.25, 0.3) is 0 Å². The van der Waals surface area contributed by atoms with Gasteiger partial charge in [-0.15, -0.1) is 37.2 Å². The highest BCUT2D eigenvalue weighted by atomic mass is 35.5. The fourth-order valence-electron chi connectivity index (χ4n) is 1.42. The van der Waals surface area contributed by atoms with Gasteiger partial charge in [0.15, 0.2) is 0 Å². The van der Waals surface area contributed by atoms with Crippen LogP contribution in [-0.4, -0.2) is 30.6 Å². The SMILES string of the molecule is CCN1CCC(NN)CC1.Cl.Cl.Cl. The molecule has 0 aliphatic carbocycles. The summed E-state index contributed by atoms with van der Waals surface area (Å²) < 4.78 is 0. The lowest BCUT2D eigenvalue weighted by Crippen LogP contribution is -2.44. The molecule has 1 aliphatic heterocycles. The lowest BCUT2D eigenvalue weighted by Gasteiger charge is -2.30. The van der Waals surface area contributed by atoms with E-state index in [1.54, 1.807) is 0 Å². The minimum atomic E-state index is 0. The summed E-state index contributed by atoms with van der Waals surface area (Å²) in [5.41, 5.74) is 2.82. The first-order chi connectivity index (χ1) is 4.86. The third kappa shape index (κ3) is 6.77. The second kappa shape index (κ2) is 10.8. The van der Waals surface area contributed by atoms with Crippen molar-refractivity contribution in [3.8, 4) is 0 Å². The lowest BCUT2D eigenvalue weighted by atomic mass is 10.1. The zero-order valence-corrected chi connectivity index (χ0v) is 10.3. The van der Waals surface area contributed by atoms with Crippen molar-refractivity contribution in [3.63, 3.8) is 0 Å². The molecule has 13 heavy (non-hydrogen) atoms. The Balaban J connectivity index is -0.000000333. The number of halogens is 3. The monoisotopic (exact) mass is 251 g/mol. The number of likely N-dealkylation sites (tertiary alicyclic amines) is 1. The van der Waals surface area contributed by atoms with E-state index in [0.29, 0.717) is 6.04 Å². The zero-order valence-electron chi connectivity index (χ0n) is 7.86. The first-order valence-electron chi connectivity index (χ1n) is 4.05. The van der Waals surface area contributed by atoms with E-state index >= 15 is 0 Å². The van der Waals surface area contributed by atoms with Crippen molar-refractivity contribution in [1.29, 1.82) is 0 Å². The van der Waals surface area contributed by atoms with Crippen LogP contribution in [0.3, 0.4) is 0 Å². The molecule has 0 aromatic carbocycles. The third-order valence-corrected chi connectivity index (χ3v) is 2.27. The van der Waals surface area contributed by atoms with E-state index in [4.69, 9.17) is 5.84 Å². The molecule has 0 aromatic rings. The van der Waals surface area contributed by atoms with Crippen LogP contribution in [0.1, 0.15) is 19.8 Å². The van der Waals surface area contributed by atoms with Gasteiger partial charge in [0, 0.05) is 6.04 Å². The van der Waals surface area contributed by atoms with Crippen molar-refractivity contribution in [3.05, 3.63) is 0 Å². The molecule has 3 nitrogen and oxygen atoms in total. The number of piperidine rings is 1. The summed E-state index contributed by atoms with van der Waals surface area (Å²) in [6, 6.07) is 0.558. The third-order valence-electron chi connectivity index (χ3n) is 2.27. The highest BCUT2D eigenvalue weighted by molar-refractivity contribution is 5.86. The first kappa shape index (κ1) is 19.3. The summed E-state index contributed by atoms with van der Waals surface area (Å²) in [7, 11) is 0. The molecular weight excluding hydrogens is 232 g/mol. The normalized spacial score (nSPS) is 18.0. The Kier molecular flexibility index (Phi) is 16.1. The molecule has 0 saturated carbocycles. The average molecular weight is 253 g/mol. The average Bonchev–Trinajstić information content (AvgIpc) is 2.05. The van der Waals surface area contributed by atoms with Gasteiger partial charge in [-0.3, -0.25) is 11.3 Å². The Labute approximate surface area is 99.0 Å². The van der Waals surface area contributed by atoms with E-state index in [1.807, 2.05) is 0 Å². The summed E-state index contributed by atoms with van der Waals surface area (Å²) in [5.74, 6) is 5.32. The molecule has 0 amide bonds. The second-order valence-corrected chi connectivity index (χ2v) is 2.88. The van der Waals surface area contributed by atoms with Crippen LogP contribution in [0.4, 0.5) is 0 Å². The van der Waals surface area contributed by atoms with E-state index in [1.165, 1.54) is 32.5 Å². The summed E-state index contributed by atoms with van der Waals surface area (Å²) >= 11 is 0. The minimum Gasteiger partial charge on any atom is -0.303 e. The molecule has 1 rings (SSSR count). The second-order valence-electron chi connectivity index (χ2n) is 2.88. The highest BCUT2D eigenvalue weighted by Crippen LogP contribution is 2.07. The maximum absolute atomic E-state index is 5.32. The van der Waals surface area contributed by atoms with Gasteiger partial charge >= 0.3 is 0 Å². The number of hydrogen-bond acceptors (Lipinski definition) is 3. The highest BCUT2D eigenvalue weighted by Gasteiger charge is 2.15. The van der Waals surface area contributed by atoms with Crippen LogP contribution < -0.4 is 11.3 Å². The lowest BCUT2D eigenvalue weighted by molar-refractivity contribution is 0.207. The van der Waals surface area contributed by atoms with Crippen molar-refractivity contribution in [2.24, 2.45) is 5.84 Å². The van der Waals surface area contributed by atoms with Gasteiger partial charge in [-0.25, -0.2) is 0 Å². The Morgan fingerprint density at radius 1 is 1.23 bits per heavy atom. The van der Waals surface area contributed by atoms with Gasteiger partial charge in [-0.2, -0.15) is 0 Å². The van der Waals surface area contributed by atoms with Crippen LogP contribution in [-0.2, 0) is 0 Å². The maximum atomic E-state index is 5.32. The fourth-order valence-corrected chi connectivity index (χ4v) is 1.42. The molecular formula is C7H20Cl3N3. The predicted octanol–water partition coefficient (Wildman–Crippen LogP) is 1.20. The first-order valence-corrected chi connectivity index (χ1v) is 4.05. The van der Waals surface area contributed by atoms with Crippen LogP contribution in [0.2, 0.25) is 0 Å². The summed E-state index contributed by atoms with van der Waals surface area (Å²) in [6.45, 7) is 5.78. The van der Waals surface area contributed by atoms with E-state index in [0.717, 1.165) is 0 Å². The smallest absolute Gasteiger partial charge is 0.0234 e. The topological polar surface area (TPSA) is 41.3 Å². The van der Waals surface area contributed by atoms with Gasteiger partial charge in [0.1, 0.15) is 0 Å². The molecule has 0 bridgehead atoms. The van der Waals surface area contributed by atoms with Gasteiger partial charge < -0.3 is 4.90 Å². The van der Waals surface area contributed by atoms with Crippen LogP contribution in [0.5, 0.6) is 0 Å². The van der Waals surface area contributed by atoms with E-state index in [-0.39, 0.29) is 37.2 Å². The van der Waals surface area contributed by atoms with Crippen LogP contribution in [0.25, 0.3) is 0 Å². The van der Waals surface area contributed by atoms with Crippen LogP contribution in [0.15, 0.2) is 0 Å². The van der Waals surface area contributed by atoms with E-state index < -0.39 is 0 Å². The Hall–Kier alpha value is 0.750. The molecule has 0 atom stereocenters. The molecule has 3 N–H and O–H groups in total. The zero-order chi connectivity index (χ0) is 7.40. The van der Waals surface area contributed by atoms with Crippen LogP contribution in [0, 0.1) is 0 Å². The van der Waals surface area contributed by atoms with Gasteiger partial charge in [0.2, 0.25) is 0 Å². The van der Waals surface area contributed by atoms with Crippen molar-refractivity contribution in [2.45, 2.75) is 25.8 Å². The Morgan fingerprint density at radius 3 is 2.00 bits per heavy atom. The Bertz CT molecular complexity index is 85.0. The van der Waals surface area contributed by atoms with Crippen molar-refractivity contribution in [2.75, 3.05) is 19.6 Å². The molecule has 84 valence electrons. The molecule has 0 radical (unpaired) electrons. The quantitative estimate of drug-likeness (QED) is 0.573. The minimum absolute atomic E-state index is 0. The van der Waals surface area contributed by atoms with Crippen molar-refractivity contribution >= 4 is 37.2 Å². The largest absolute Gasteiger partial charge is 0.303 e. The number of nitrogens with two attached hydrogens (primary N) is 1. The predicted molar refractivity (Wildman–Crippen MR) is 64.2 cm³/mol.